The third kappa shape index (κ3) is 3.32. The first-order chi connectivity index (χ1) is 10.6. The minimum Gasteiger partial charge on any atom is -0.348 e. The van der Waals surface area contributed by atoms with E-state index in [2.05, 4.69) is 29.4 Å². The molecule has 0 bridgehead atoms. The highest BCUT2D eigenvalue weighted by Crippen LogP contribution is 2.31. The summed E-state index contributed by atoms with van der Waals surface area (Å²) < 4.78 is 0. The van der Waals surface area contributed by atoms with Crippen LogP contribution >= 0.6 is 0 Å². The number of nitrogens with one attached hydrogen (secondary N) is 2. The number of H-pyrrole nitrogens is 1. The van der Waals surface area contributed by atoms with Crippen LogP contribution in [-0.4, -0.2) is 22.1 Å². The molecule has 0 radical (unpaired) electrons. The molecule has 1 aliphatic rings. The molecule has 1 aromatic heterocycles. The molecule has 3 rings (SSSR count). The fourth-order valence-corrected chi connectivity index (χ4v) is 3.55. The van der Waals surface area contributed by atoms with Gasteiger partial charge in [0.25, 0.3) is 5.91 Å². The smallest absolute Gasteiger partial charge is 0.272 e. The van der Waals surface area contributed by atoms with Gasteiger partial charge in [-0.2, -0.15) is 5.10 Å². The van der Waals surface area contributed by atoms with Gasteiger partial charge in [-0.25, -0.2) is 0 Å². The van der Waals surface area contributed by atoms with Gasteiger partial charge in [-0.05, 0) is 31.2 Å². The molecule has 2 aromatic rings. The molecule has 0 spiro atoms. The predicted molar refractivity (Wildman–Crippen MR) is 88.8 cm³/mol. The van der Waals surface area contributed by atoms with Crippen molar-refractivity contribution in [3.63, 3.8) is 0 Å². The van der Waals surface area contributed by atoms with E-state index in [-0.39, 0.29) is 11.9 Å². The average molecular weight is 299 g/mol. The Morgan fingerprint density at radius 2 is 2.05 bits per heavy atom. The Labute approximate surface area is 131 Å². The van der Waals surface area contributed by atoms with Crippen molar-refractivity contribution in [3.05, 3.63) is 30.0 Å². The summed E-state index contributed by atoms with van der Waals surface area (Å²) in [6.07, 6.45) is 6.32. The van der Waals surface area contributed by atoms with E-state index >= 15 is 0 Å². The number of carbonyl (C=O) groups excluding carboxylic acids is 1. The summed E-state index contributed by atoms with van der Waals surface area (Å²) in [5.74, 6) is 1.55. The molecule has 4 nitrogen and oxygen atoms in total. The SMILES string of the molecule is CC1CCC(CC(C)NC(=O)c2n[nH]c3ccccc23)CC1. The van der Waals surface area contributed by atoms with Gasteiger partial charge in [-0.1, -0.05) is 50.8 Å². The van der Waals surface area contributed by atoms with Gasteiger partial charge in [-0.15, -0.1) is 0 Å². The summed E-state index contributed by atoms with van der Waals surface area (Å²) in [5, 5.41) is 11.1. The predicted octanol–water partition coefficient (Wildman–Crippen LogP) is 3.90. The van der Waals surface area contributed by atoms with Gasteiger partial charge >= 0.3 is 0 Å². The van der Waals surface area contributed by atoms with Crippen molar-refractivity contribution in [1.29, 1.82) is 0 Å². The van der Waals surface area contributed by atoms with Crippen molar-refractivity contribution in [2.45, 2.75) is 52.0 Å². The zero-order valence-corrected chi connectivity index (χ0v) is 13.4. The van der Waals surface area contributed by atoms with E-state index in [4.69, 9.17) is 0 Å². The van der Waals surface area contributed by atoms with Crippen LogP contribution in [0.3, 0.4) is 0 Å². The second-order valence-electron chi connectivity index (χ2n) is 6.85. The maximum absolute atomic E-state index is 12.4. The first-order valence-electron chi connectivity index (χ1n) is 8.37. The number of nitrogens with zero attached hydrogens (tertiary/aromatic N) is 1. The van der Waals surface area contributed by atoms with E-state index in [1.54, 1.807) is 0 Å². The highest BCUT2D eigenvalue weighted by molar-refractivity contribution is 6.04. The Hall–Kier alpha value is -1.84. The molecule has 0 aliphatic heterocycles. The van der Waals surface area contributed by atoms with Gasteiger partial charge in [0, 0.05) is 11.4 Å². The van der Waals surface area contributed by atoms with Crippen LogP contribution in [0, 0.1) is 11.8 Å². The van der Waals surface area contributed by atoms with Gasteiger partial charge in [0.15, 0.2) is 5.69 Å². The third-order valence-electron chi connectivity index (χ3n) is 4.89. The molecule has 2 N–H and O–H groups in total. The van der Waals surface area contributed by atoms with Gasteiger partial charge in [0.2, 0.25) is 0 Å². The highest BCUT2D eigenvalue weighted by atomic mass is 16.2. The van der Waals surface area contributed by atoms with E-state index in [0.717, 1.165) is 29.2 Å². The van der Waals surface area contributed by atoms with Crippen LogP contribution in [0.1, 0.15) is 56.4 Å². The summed E-state index contributed by atoms with van der Waals surface area (Å²) in [5.41, 5.74) is 1.40. The number of benzene rings is 1. The number of carbonyl (C=O) groups is 1. The molecule has 1 unspecified atom stereocenters. The van der Waals surface area contributed by atoms with Crippen molar-refractivity contribution in [2.24, 2.45) is 11.8 Å². The van der Waals surface area contributed by atoms with Crippen LogP contribution in [-0.2, 0) is 0 Å². The lowest BCUT2D eigenvalue weighted by Crippen LogP contribution is -2.35. The molecule has 4 heteroatoms. The summed E-state index contributed by atoms with van der Waals surface area (Å²) in [7, 11) is 0. The Balaban J connectivity index is 1.59. The van der Waals surface area contributed by atoms with Crippen molar-refractivity contribution in [1.82, 2.24) is 15.5 Å². The van der Waals surface area contributed by atoms with Gasteiger partial charge < -0.3 is 5.32 Å². The maximum atomic E-state index is 12.4. The van der Waals surface area contributed by atoms with Crippen LogP contribution in [0.2, 0.25) is 0 Å². The number of para-hydroxylation sites is 1. The fourth-order valence-electron chi connectivity index (χ4n) is 3.55. The number of rotatable bonds is 4. The standard InChI is InChI=1S/C18H25N3O/c1-12-7-9-14(10-8-12)11-13(2)19-18(22)17-15-5-3-4-6-16(15)20-21-17/h3-6,12-14H,7-11H2,1-2H3,(H,19,22)(H,20,21). The van der Waals surface area contributed by atoms with Gasteiger partial charge in [-0.3, -0.25) is 9.89 Å². The Bertz CT molecular complexity index is 641. The molecular formula is C18H25N3O. The number of hydrogen-bond donors (Lipinski definition) is 2. The van der Waals surface area contributed by atoms with Crippen LogP contribution in [0.5, 0.6) is 0 Å². The molecule has 1 atom stereocenters. The van der Waals surface area contributed by atoms with Crippen LogP contribution in [0.15, 0.2) is 24.3 Å². The van der Waals surface area contributed by atoms with Crippen LogP contribution in [0.4, 0.5) is 0 Å². The van der Waals surface area contributed by atoms with Crippen molar-refractivity contribution in [2.75, 3.05) is 0 Å². The quantitative estimate of drug-likeness (QED) is 0.899. The molecule has 0 saturated heterocycles. The second kappa shape index (κ2) is 6.51. The maximum Gasteiger partial charge on any atom is 0.272 e. The number of amides is 1. The summed E-state index contributed by atoms with van der Waals surface area (Å²) in [6.45, 7) is 4.44. The van der Waals surface area contributed by atoms with E-state index < -0.39 is 0 Å². The van der Waals surface area contributed by atoms with Crippen molar-refractivity contribution in [3.8, 4) is 0 Å². The molecule has 118 valence electrons. The normalized spacial score (nSPS) is 23.4. The molecule has 1 amide bonds. The minimum atomic E-state index is -0.0749. The van der Waals surface area contributed by atoms with Crippen LogP contribution in [0.25, 0.3) is 10.9 Å². The van der Waals surface area contributed by atoms with E-state index in [1.807, 2.05) is 24.3 Å². The minimum absolute atomic E-state index is 0.0749. The number of aromatic amines is 1. The highest BCUT2D eigenvalue weighted by Gasteiger charge is 2.22. The molecule has 1 fully saturated rings. The number of hydrogen-bond acceptors (Lipinski definition) is 2. The number of fused-ring (bicyclic) bond motifs is 1. The van der Waals surface area contributed by atoms with Gasteiger partial charge in [0.1, 0.15) is 0 Å². The summed E-state index contributed by atoms with van der Waals surface area (Å²) >= 11 is 0. The Morgan fingerprint density at radius 1 is 1.32 bits per heavy atom. The molecule has 1 heterocycles. The van der Waals surface area contributed by atoms with Crippen molar-refractivity contribution >= 4 is 16.8 Å². The van der Waals surface area contributed by atoms with E-state index in [9.17, 15) is 4.79 Å². The fraction of sp³-hybridized carbons (Fsp3) is 0.556. The topological polar surface area (TPSA) is 57.8 Å². The van der Waals surface area contributed by atoms with Gasteiger partial charge in [0.05, 0.1) is 5.52 Å². The molecule has 22 heavy (non-hydrogen) atoms. The Kier molecular flexibility index (Phi) is 4.46. The third-order valence-corrected chi connectivity index (χ3v) is 4.89. The number of aromatic nitrogens is 2. The van der Waals surface area contributed by atoms with E-state index in [0.29, 0.717) is 5.69 Å². The second-order valence-corrected chi connectivity index (χ2v) is 6.85. The van der Waals surface area contributed by atoms with Crippen molar-refractivity contribution < 1.29 is 4.79 Å². The lowest BCUT2D eigenvalue weighted by molar-refractivity contribution is 0.0928. The molecular weight excluding hydrogens is 274 g/mol. The summed E-state index contributed by atoms with van der Waals surface area (Å²) in [6, 6.07) is 7.93. The van der Waals surface area contributed by atoms with E-state index in [1.165, 1.54) is 25.7 Å². The summed E-state index contributed by atoms with van der Waals surface area (Å²) in [4.78, 5) is 12.4. The molecule has 1 aliphatic carbocycles. The first kappa shape index (κ1) is 15.1. The van der Waals surface area contributed by atoms with Crippen LogP contribution < -0.4 is 5.32 Å². The largest absolute Gasteiger partial charge is 0.348 e. The zero-order chi connectivity index (χ0) is 15.5. The zero-order valence-electron chi connectivity index (χ0n) is 13.4. The average Bonchev–Trinajstić information content (AvgIpc) is 2.93. The lowest BCUT2D eigenvalue weighted by atomic mass is 9.80. The monoisotopic (exact) mass is 299 g/mol. The first-order valence-corrected chi connectivity index (χ1v) is 8.37. The Morgan fingerprint density at radius 3 is 2.82 bits per heavy atom. The lowest BCUT2D eigenvalue weighted by Gasteiger charge is -2.28. The molecule has 1 saturated carbocycles. The molecule has 1 aromatic carbocycles.